The maximum Gasteiger partial charge on any atom is 0.169 e. The van der Waals surface area contributed by atoms with Gasteiger partial charge in [-0.25, -0.2) is 4.98 Å². The Balaban J connectivity index is 2.68. The number of pyridine rings is 1. The molecule has 66 valence electrons. The molecule has 0 fully saturated rings. The number of nitrogens with zero attached hydrogens (tertiary/aromatic N) is 1. The van der Waals surface area contributed by atoms with Crippen molar-refractivity contribution in [3.05, 3.63) is 28.2 Å². The average molecular weight is 212 g/mol. The zero-order chi connectivity index (χ0) is 9.42. The van der Waals surface area contributed by atoms with Gasteiger partial charge >= 0.3 is 0 Å². The fraction of sp³-hybridized carbons (Fsp3) is 0.111. The normalized spacial score (nSPS) is 10.6. The number of ketones is 1. The summed E-state index contributed by atoms with van der Waals surface area (Å²) < 4.78 is 0.995. The van der Waals surface area contributed by atoms with Gasteiger partial charge in [-0.1, -0.05) is 11.6 Å². The molecule has 13 heavy (non-hydrogen) atoms. The Bertz CT molecular complexity index is 477. The summed E-state index contributed by atoms with van der Waals surface area (Å²) in [5, 5.41) is 0.459. The summed E-state index contributed by atoms with van der Waals surface area (Å²) in [4.78, 5) is 15.9. The molecule has 2 rings (SSSR count). The Morgan fingerprint density at radius 3 is 3.00 bits per heavy atom. The predicted molar refractivity (Wildman–Crippen MR) is 54.6 cm³/mol. The molecule has 0 aliphatic heterocycles. The molecule has 0 N–H and O–H groups in total. The van der Waals surface area contributed by atoms with Gasteiger partial charge in [0, 0.05) is 0 Å². The Morgan fingerprint density at radius 2 is 2.31 bits per heavy atom. The zero-order valence-electron chi connectivity index (χ0n) is 6.87. The molecule has 0 amide bonds. The van der Waals surface area contributed by atoms with Crippen molar-refractivity contribution in [2.45, 2.75) is 6.92 Å². The minimum absolute atomic E-state index is 0.0686. The van der Waals surface area contributed by atoms with Crippen LogP contribution < -0.4 is 0 Å². The number of aromatic nitrogens is 1. The molecule has 0 spiro atoms. The van der Waals surface area contributed by atoms with Crippen molar-refractivity contribution in [2.24, 2.45) is 0 Å². The molecule has 2 nitrogen and oxygen atoms in total. The lowest BCUT2D eigenvalue weighted by molar-refractivity contribution is 0.102. The van der Waals surface area contributed by atoms with Crippen LogP contribution in [-0.4, -0.2) is 10.8 Å². The van der Waals surface area contributed by atoms with Crippen molar-refractivity contribution in [1.82, 2.24) is 4.98 Å². The number of carbonyl (C=O) groups is 1. The molecule has 0 aliphatic rings. The van der Waals surface area contributed by atoms with Gasteiger partial charge in [0.05, 0.1) is 15.1 Å². The second-order valence-electron chi connectivity index (χ2n) is 2.68. The number of hydrogen-bond acceptors (Lipinski definition) is 3. The summed E-state index contributed by atoms with van der Waals surface area (Å²) in [6.45, 7) is 1.55. The SMILES string of the molecule is CC(=O)c1cc2nc(Cl)ccc2s1. The number of rotatable bonds is 1. The van der Waals surface area contributed by atoms with Crippen LogP contribution in [0, 0.1) is 0 Å². The highest BCUT2D eigenvalue weighted by Crippen LogP contribution is 2.25. The van der Waals surface area contributed by atoms with E-state index in [0.29, 0.717) is 5.15 Å². The highest BCUT2D eigenvalue weighted by Gasteiger charge is 2.06. The van der Waals surface area contributed by atoms with Gasteiger partial charge in [0.15, 0.2) is 5.78 Å². The molecule has 4 heteroatoms. The van der Waals surface area contributed by atoms with E-state index >= 15 is 0 Å². The van der Waals surface area contributed by atoms with E-state index in [1.807, 2.05) is 6.07 Å². The minimum atomic E-state index is 0.0686. The Hall–Kier alpha value is -0.930. The maximum atomic E-state index is 11.0. The van der Waals surface area contributed by atoms with E-state index in [4.69, 9.17) is 11.6 Å². The first-order chi connectivity index (χ1) is 6.16. The highest BCUT2D eigenvalue weighted by atomic mass is 35.5. The molecule has 2 aromatic rings. The lowest BCUT2D eigenvalue weighted by atomic mass is 10.3. The zero-order valence-corrected chi connectivity index (χ0v) is 8.45. The van der Waals surface area contributed by atoms with Crippen LogP contribution in [0.1, 0.15) is 16.6 Å². The van der Waals surface area contributed by atoms with Crippen LogP contribution in [0.5, 0.6) is 0 Å². The van der Waals surface area contributed by atoms with Gasteiger partial charge in [-0.05, 0) is 25.1 Å². The molecule has 2 aromatic heterocycles. The van der Waals surface area contributed by atoms with Gasteiger partial charge in [-0.2, -0.15) is 0 Å². The molecule has 0 unspecified atom stereocenters. The van der Waals surface area contributed by atoms with Crippen molar-refractivity contribution >= 4 is 38.9 Å². The first kappa shape index (κ1) is 8.66. The third-order valence-electron chi connectivity index (χ3n) is 1.69. The maximum absolute atomic E-state index is 11.0. The van der Waals surface area contributed by atoms with Crippen molar-refractivity contribution in [2.75, 3.05) is 0 Å². The smallest absolute Gasteiger partial charge is 0.169 e. The van der Waals surface area contributed by atoms with Gasteiger partial charge < -0.3 is 0 Å². The van der Waals surface area contributed by atoms with Crippen LogP contribution in [0.15, 0.2) is 18.2 Å². The Kier molecular flexibility index (Phi) is 2.06. The van der Waals surface area contributed by atoms with Gasteiger partial charge in [0.1, 0.15) is 5.15 Å². The van der Waals surface area contributed by atoms with Crippen molar-refractivity contribution in [3.8, 4) is 0 Å². The van der Waals surface area contributed by atoms with Gasteiger partial charge in [0.25, 0.3) is 0 Å². The van der Waals surface area contributed by atoms with Crippen molar-refractivity contribution in [3.63, 3.8) is 0 Å². The van der Waals surface area contributed by atoms with Crippen molar-refractivity contribution in [1.29, 1.82) is 0 Å². The molecule has 0 atom stereocenters. The van der Waals surface area contributed by atoms with Crippen LogP contribution in [0.3, 0.4) is 0 Å². The summed E-state index contributed by atoms with van der Waals surface area (Å²) in [5.74, 6) is 0.0686. The third-order valence-corrected chi connectivity index (χ3v) is 3.09. The quantitative estimate of drug-likeness (QED) is 0.536. The molecular formula is C9H6ClNOS. The molecular weight excluding hydrogens is 206 g/mol. The van der Waals surface area contributed by atoms with E-state index in [-0.39, 0.29) is 5.78 Å². The van der Waals surface area contributed by atoms with E-state index < -0.39 is 0 Å². The third kappa shape index (κ3) is 1.57. The molecule has 0 aromatic carbocycles. The fourth-order valence-corrected chi connectivity index (χ4v) is 2.12. The van der Waals surface area contributed by atoms with Crippen LogP contribution in [-0.2, 0) is 0 Å². The molecule has 0 aliphatic carbocycles. The largest absolute Gasteiger partial charge is 0.294 e. The standard InChI is InChI=1S/C9H6ClNOS/c1-5(12)8-4-6-7(13-8)2-3-9(10)11-6/h2-4H,1H3. The van der Waals surface area contributed by atoms with Crippen LogP contribution in [0.2, 0.25) is 5.15 Å². The topological polar surface area (TPSA) is 30.0 Å². The van der Waals surface area contributed by atoms with Gasteiger partial charge in [-0.3, -0.25) is 4.79 Å². The van der Waals surface area contributed by atoms with E-state index in [0.717, 1.165) is 15.1 Å². The molecule has 0 bridgehead atoms. The first-order valence-electron chi connectivity index (χ1n) is 3.74. The van der Waals surface area contributed by atoms with Gasteiger partial charge in [0.2, 0.25) is 0 Å². The fourth-order valence-electron chi connectivity index (χ4n) is 1.07. The minimum Gasteiger partial charge on any atom is -0.294 e. The molecule has 0 radical (unpaired) electrons. The summed E-state index contributed by atoms with van der Waals surface area (Å²) in [6.07, 6.45) is 0. The molecule has 0 saturated carbocycles. The summed E-state index contributed by atoms with van der Waals surface area (Å²) in [5.41, 5.74) is 0.794. The highest BCUT2D eigenvalue weighted by molar-refractivity contribution is 7.20. The summed E-state index contributed by atoms with van der Waals surface area (Å²) in [7, 11) is 0. The first-order valence-corrected chi connectivity index (χ1v) is 4.93. The number of fused-ring (bicyclic) bond motifs is 1. The lowest BCUT2D eigenvalue weighted by Crippen LogP contribution is -1.83. The van der Waals surface area contributed by atoms with Crippen LogP contribution >= 0.6 is 22.9 Å². The molecule has 0 saturated heterocycles. The number of carbonyl (C=O) groups excluding carboxylic acids is 1. The van der Waals surface area contributed by atoms with Crippen LogP contribution in [0.4, 0.5) is 0 Å². The lowest BCUT2D eigenvalue weighted by Gasteiger charge is -1.87. The van der Waals surface area contributed by atoms with E-state index in [2.05, 4.69) is 4.98 Å². The van der Waals surface area contributed by atoms with E-state index in [9.17, 15) is 4.79 Å². The number of Topliss-reactive ketones (excluding diaryl/α,β-unsaturated/α-hetero) is 1. The molecule has 2 heterocycles. The van der Waals surface area contributed by atoms with Crippen LogP contribution in [0.25, 0.3) is 10.2 Å². The monoisotopic (exact) mass is 211 g/mol. The second-order valence-corrected chi connectivity index (χ2v) is 4.16. The average Bonchev–Trinajstić information content (AvgIpc) is 2.46. The van der Waals surface area contributed by atoms with E-state index in [1.54, 1.807) is 19.1 Å². The number of hydrogen-bond donors (Lipinski definition) is 0. The van der Waals surface area contributed by atoms with E-state index in [1.165, 1.54) is 11.3 Å². The second kappa shape index (κ2) is 3.09. The van der Waals surface area contributed by atoms with Crippen molar-refractivity contribution < 1.29 is 4.79 Å². The Morgan fingerprint density at radius 1 is 1.54 bits per heavy atom. The van der Waals surface area contributed by atoms with Gasteiger partial charge in [-0.15, -0.1) is 11.3 Å². The summed E-state index contributed by atoms with van der Waals surface area (Å²) >= 11 is 7.16. The summed E-state index contributed by atoms with van der Waals surface area (Å²) in [6, 6.07) is 5.38. The number of thiophene rings is 1. The Labute approximate surface area is 84.2 Å². The number of halogens is 1. The predicted octanol–water partition coefficient (Wildman–Crippen LogP) is 3.15.